The van der Waals surface area contributed by atoms with Gasteiger partial charge >= 0.3 is 0 Å². The summed E-state index contributed by atoms with van der Waals surface area (Å²) in [4.78, 5) is 3.94. The minimum Gasteiger partial charge on any atom is -0.377 e. The highest BCUT2D eigenvalue weighted by atomic mass is 35.5. The molecule has 3 aromatic heterocycles. The second kappa shape index (κ2) is 6.82. The number of alkyl halides is 2. The van der Waals surface area contributed by atoms with Gasteiger partial charge in [0.05, 0.1) is 23.8 Å². The van der Waals surface area contributed by atoms with E-state index in [0.29, 0.717) is 11.3 Å². The minimum absolute atomic E-state index is 0.0231. The number of hydrogen-bond donors (Lipinski definition) is 1. The van der Waals surface area contributed by atoms with Crippen LogP contribution in [0, 0.1) is 0 Å². The van der Waals surface area contributed by atoms with Gasteiger partial charge in [0.2, 0.25) is 10.0 Å². The van der Waals surface area contributed by atoms with Gasteiger partial charge in [-0.3, -0.25) is 4.40 Å². The van der Waals surface area contributed by atoms with E-state index < -0.39 is 27.0 Å². The van der Waals surface area contributed by atoms with Gasteiger partial charge in [0.15, 0.2) is 21.0 Å². The van der Waals surface area contributed by atoms with Gasteiger partial charge in [-0.15, -0.1) is 10.2 Å². The van der Waals surface area contributed by atoms with Gasteiger partial charge in [-0.05, 0) is 13.0 Å². The first-order valence-corrected chi connectivity index (χ1v) is 10.8. The molecule has 14 heteroatoms. The zero-order chi connectivity index (χ0) is 20.3. The molecule has 8 nitrogen and oxygen atoms in total. The number of fused-ring (bicyclic) bond motifs is 1. The Hall–Kier alpha value is -1.44. The first kappa shape index (κ1) is 19.9. The van der Waals surface area contributed by atoms with E-state index in [1.54, 1.807) is 6.92 Å². The predicted molar refractivity (Wildman–Crippen MR) is 98.6 cm³/mol. The summed E-state index contributed by atoms with van der Waals surface area (Å²) in [6.45, 7) is 2.19. The van der Waals surface area contributed by atoms with Gasteiger partial charge in [0.1, 0.15) is 10.4 Å². The zero-order valence-electron chi connectivity index (χ0n) is 14.0. The zero-order valence-corrected chi connectivity index (χ0v) is 17.1. The van der Waals surface area contributed by atoms with Crippen LogP contribution in [0.15, 0.2) is 17.2 Å². The number of nitrogens with one attached hydrogen (secondary N) is 1. The lowest BCUT2D eigenvalue weighted by Gasteiger charge is -2.38. The average Bonchev–Trinajstić information content (AvgIpc) is 3.18. The molecule has 1 aliphatic rings. The normalized spacial score (nSPS) is 16.6. The van der Waals surface area contributed by atoms with Crippen molar-refractivity contribution >= 4 is 50.1 Å². The maximum atomic E-state index is 12.8. The van der Waals surface area contributed by atoms with Crippen molar-refractivity contribution in [2.24, 2.45) is 0 Å². The first-order chi connectivity index (χ1) is 13.1. The van der Waals surface area contributed by atoms with Crippen molar-refractivity contribution in [1.82, 2.24) is 24.3 Å². The van der Waals surface area contributed by atoms with Crippen LogP contribution < -0.4 is 4.72 Å². The van der Waals surface area contributed by atoms with Crippen LogP contribution in [-0.4, -0.2) is 46.8 Å². The van der Waals surface area contributed by atoms with E-state index in [0.717, 1.165) is 0 Å². The maximum Gasteiger partial charge on any atom is 0.291 e. The van der Waals surface area contributed by atoms with Crippen LogP contribution in [0.5, 0.6) is 0 Å². The highest BCUT2D eigenvalue weighted by Crippen LogP contribution is 2.35. The summed E-state index contributed by atoms with van der Waals surface area (Å²) in [5.41, 5.74) is -0.495. The molecule has 0 spiro atoms. The van der Waals surface area contributed by atoms with Gasteiger partial charge in [-0.25, -0.2) is 26.9 Å². The molecular weight excluding hydrogens is 459 g/mol. The number of rotatable bonds is 5. The Morgan fingerprint density at radius 1 is 1.36 bits per heavy atom. The van der Waals surface area contributed by atoms with Crippen molar-refractivity contribution in [3.05, 3.63) is 27.4 Å². The molecule has 1 N–H and O–H groups in total. The van der Waals surface area contributed by atoms with Crippen LogP contribution in [0.2, 0.25) is 10.2 Å². The first-order valence-electron chi connectivity index (χ1n) is 7.70. The third-order valence-corrected chi connectivity index (χ3v) is 7.05. The van der Waals surface area contributed by atoms with E-state index in [1.807, 2.05) is 0 Å². The quantitative estimate of drug-likeness (QED) is 0.615. The summed E-state index contributed by atoms with van der Waals surface area (Å²) >= 11 is 13.0. The maximum absolute atomic E-state index is 12.8. The average molecular weight is 470 g/mol. The minimum atomic E-state index is -3.95. The van der Waals surface area contributed by atoms with Crippen molar-refractivity contribution in [2.75, 3.05) is 13.2 Å². The van der Waals surface area contributed by atoms with Crippen LogP contribution >= 0.6 is 34.5 Å². The van der Waals surface area contributed by atoms with Gasteiger partial charge in [-0.1, -0.05) is 34.5 Å². The molecule has 1 saturated heterocycles. The number of sulfonamides is 1. The monoisotopic (exact) mass is 469 g/mol. The SMILES string of the molecule is CC1(NS(=O)(=O)c2cc(Cl)c3c(Cl)nc(-c4nnc(C(F)F)s4)n3c2)COC1. The summed E-state index contributed by atoms with van der Waals surface area (Å²) in [7, 11) is -3.95. The summed E-state index contributed by atoms with van der Waals surface area (Å²) in [6.07, 6.45) is -1.54. The van der Waals surface area contributed by atoms with E-state index in [4.69, 9.17) is 27.9 Å². The number of aromatic nitrogens is 4. The second-order valence-corrected chi connectivity index (χ2v) is 9.83. The summed E-state index contributed by atoms with van der Waals surface area (Å²) in [5, 5.41) is 6.68. The molecule has 0 aliphatic carbocycles. The Morgan fingerprint density at radius 3 is 2.64 bits per heavy atom. The summed E-state index contributed by atoms with van der Waals surface area (Å²) in [6, 6.07) is 1.24. The van der Waals surface area contributed by atoms with Crippen LogP contribution in [0.25, 0.3) is 16.3 Å². The van der Waals surface area contributed by atoms with E-state index in [2.05, 4.69) is 19.9 Å². The van der Waals surface area contributed by atoms with Crippen molar-refractivity contribution in [1.29, 1.82) is 0 Å². The van der Waals surface area contributed by atoms with Crippen LogP contribution in [0.4, 0.5) is 8.78 Å². The second-order valence-electron chi connectivity index (χ2n) is 6.37. The molecule has 1 fully saturated rings. The van der Waals surface area contributed by atoms with E-state index in [1.165, 1.54) is 16.7 Å². The molecule has 1 aliphatic heterocycles. The van der Waals surface area contributed by atoms with Crippen molar-refractivity contribution < 1.29 is 21.9 Å². The lowest BCUT2D eigenvalue weighted by atomic mass is 10.0. The molecule has 4 heterocycles. The van der Waals surface area contributed by atoms with Gasteiger partial charge in [0, 0.05) is 6.20 Å². The largest absolute Gasteiger partial charge is 0.377 e. The Bertz CT molecular complexity index is 1180. The molecule has 4 rings (SSSR count). The third kappa shape index (κ3) is 3.37. The number of nitrogens with zero attached hydrogens (tertiary/aromatic N) is 4. The number of imidazole rings is 1. The third-order valence-electron chi connectivity index (χ3n) is 3.97. The molecule has 150 valence electrons. The fraction of sp³-hybridized carbons (Fsp3) is 0.357. The molecule has 3 aromatic rings. The Balaban J connectivity index is 1.84. The van der Waals surface area contributed by atoms with E-state index >= 15 is 0 Å². The molecule has 0 amide bonds. The number of pyridine rings is 1. The lowest BCUT2D eigenvalue weighted by molar-refractivity contribution is -0.0523. The smallest absolute Gasteiger partial charge is 0.291 e. The molecule has 0 aromatic carbocycles. The Kier molecular flexibility index (Phi) is 4.83. The highest BCUT2D eigenvalue weighted by Gasteiger charge is 2.38. The fourth-order valence-corrected chi connectivity index (χ4v) is 5.44. The topological polar surface area (TPSA) is 98.5 Å². The highest BCUT2D eigenvalue weighted by molar-refractivity contribution is 7.89. The van der Waals surface area contributed by atoms with Crippen LogP contribution in [0.3, 0.4) is 0 Å². The Morgan fingerprint density at radius 2 is 2.07 bits per heavy atom. The molecular formula is C14H11Cl2F2N5O3S2. The molecule has 0 radical (unpaired) electrons. The van der Waals surface area contributed by atoms with Crippen LogP contribution in [0.1, 0.15) is 18.4 Å². The van der Waals surface area contributed by atoms with Gasteiger partial charge < -0.3 is 4.74 Å². The van der Waals surface area contributed by atoms with Gasteiger partial charge in [0.25, 0.3) is 6.43 Å². The number of ether oxygens (including phenoxy) is 1. The molecule has 28 heavy (non-hydrogen) atoms. The van der Waals surface area contributed by atoms with Gasteiger partial charge in [-0.2, -0.15) is 0 Å². The standard InChI is InChI=1S/C14H11Cl2F2N5O3S2/c1-14(4-26-5-14)22-28(24,25)6-2-7(15)8-9(16)19-11(23(8)3-6)13-21-20-12(27-13)10(17)18/h2-3,10,22H,4-5H2,1H3. The van der Waals surface area contributed by atoms with Crippen molar-refractivity contribution in [3.63, 3.8) is 0 Å². The molecule has 0 atom stereocenters. The molecule has 0 saturated carbocycles. The molecule has 0 unspecified atom stereocenters. The summed E-state index contributed by atoms with van der Waals surface area (Å²) in [5.74, 6) is 0.0570. The number of halogens is 4. The van der Waals surface area contributed by atoms with E-state index in [-0.39, 0.29) is 44.6 Å². The van der Waals surface area contributed by atoms with Crippen molar-refractivity contribution in [2.45, 2.75) is 23.8 Å². The van der Waals surface area contributed by atoms with Crippen molar-refractivity contribution in [3.8, 4) is 10.8 Å². The van der Waals surface area contributed by atoms with E-state index in [9.17, 15) is 17.2 Å². The summed E-state index contributed by atoms with van der Waals surface area (Å²) < 4.78 is 60.1. The predicted octanol–water partition coefficient (Wildman–Crippen LogP) is 3.16. The number of hydrogen-bond acceptors (Lipinski definition) is 7. The molecule has 0 bridgehead atoms. The Labute approximate surface area is 171 Å². The lowest BCUT2D eigenvalue weighted by Crippen LogP contribution is -2.59. The van der Waals surface area contributed by atoms with Crippen LogP contribution in [-0.2, 0) is 14.8 Å². The fourth-order valence-electron chi connectivity index (χ4n) is 2.66.